The number of nitro benzene ring substituents is 1. The van der Waals surface area contributed by atoms with Crippen LogP contribution in [0.1, 0.15) is 10.4 Å². The number of methoxy groups -OCH3 is 1. The molecule has 0 spiro atoms. The number of rotatable bonds is 6. The van der Waals surface area contributed by atoms with Crippen molar-refractivity contribution in [1.29, 1.82) is 0 Å². The molecule has 0 aliphatic carbocycles. The van der Waals surface area contributed by atoms with Gasteiger partial charge in [0.15, 0.2) is 0 Å². The largest absolute Gasteiger partial charge is 0.383 e. The molecule has 0 radical (unpaired) electrons. The van der Waals surface area contributed by atoms with E-state index in [1.807, 2.05) is 0 Å². The number of nitrogens with zero attached hydrogens (tertiary/aromatic N) is 2. The number of hydrogen-bond acceptors (Lipinski definition) is 5. The van der Waals surface area contributed by atoms with E-state index in [9.17, 15) is 14.9 Å². The van der Waals surface area contributed by atoms with Gasteiger partial charge in [-0.3, -0.25) is 14.9 Å². The van der Waals surface area contributed by atoms with Crippen molar-refractivity contribution >= 4 is 17.3 Å². The molecule has 19 heavy (non-hydrogen) atoms. The van der Waals surface area contributed by atoms with E-state index in [1.54, 1.807) is 27.3 Å². The molecule has 1 aromatic rings. The second-order valence-corrected chi connectivity index (χ2v) is 3.93. The van der Waals surface area contributed by atoms with Crippen molar-refractivity contribution in [3.05, 3.63) is 33.9 Å². The summed E-state index contributed by atoms with van der Waals surface area (Å²) in [7, 11) is 4.72. The molecule has 0 aromatic heterocycles. The molecule has 0 aliphatic rings. The lowest BCUT2D eigenvalue weighted by atomic mass is 10.1. The van der Waals surface area contributed by atoms with Crippen molar-refractivity contribution in [3.8, 4) is 0 Å². The Bertz CT molecular complexity index is 476. The Hall–Kier alpha value is -2.15. The van der Waals surface area contributed by atoms with Gasteiger partial charge in [0.2, 0.25) is 0 Å². The quantitative estimate of drug-likeness (QED) is 0.621. The minimum absolute atomic E-state index is 0.117. The fourth-order valence-corrected chi connectivity index (χ4v) is 1.67. The number of anilines is 1. The fourth-order valence-electron chi connectivity index (χ4n) is 1.67. The van der Waals surface area contributed by atoms with Gasteiger partial charge in [-0.2, -0.15) is 0 Å². The van der Waals surface area contributed by atoms with Crippen LogP contribution >= 0.6 is 0 Å². The maximum Gasteiger partial charge on any atom is 0.293 e. The normalized spacial score (nSPS) is 10.1. The van der Waals surface area contributed by atoms with Crippen molar-refractivity contribution in [1.82, 2.24) is 4.90 Å². The van der Waals surface area contributed by atoms with Crippen LogP contribution in [0.2, 0.25) is 0 Å². The summed E-state index contributed by atoms with van der Waals surface area (Å²) in [4.78, 5) is 24.1. The third-order valence-electron chi connectivity index (χ3n) is 2.70. The first kappa shape index (κ1) is 14.9. The zero-order valence-electron chi connectivity index (χ0n) is 11.2. The van der Waals surface area contributed by atoms with Crippen molar-refractivity contribution in [2.45, 2.75) is 0 Å². The van der Waals surface area contributed by atoms with Crippen LogP contribution in [0.4, 0.5) is 11.4 Å². The lowest BCUT2D eigenvalue weighted by Crippen LogP contribution is -2.30. The maximum absolute atomic E-state index is 12.2. The summed E-state index contributed by atoms with van der Waals surface area (Å²) >= 11 is 0. The Morgan fingerprint density at radius 2 is 2.21 bits per heavy atom. The summed E-state index contributed by atoms with van der Waals surface area (Å²) in [6.07, 6.45) is 0. The molecule has 0 aliphatic heterocycles. The number of likely N-dealkylation sites (N-methyl/N-ethyl adjacent to an activating group) is 1. The van der Waals surface area contributed by atoms with Crippen LogP contribution in [-0.2, 0) is 4.74 Å². The van der Waals surface area contributed by atoms with E-state index in [4.69, 9.17) is 4.74 Å². The molecule has 0 unspecified atom stereocenters. The molecule has 0 saturated heterocycles. The maximum atomic E-state index is 12.2. The minimum Gasteiger partial charge on any atom is -0.383 e. The van der Waals surface area contributed by atoms with Crippen LogP contribution < -0.4 is 5.32 Å². The molecule has 0 bridgehead atoms. The van der Waals surface area contributed by atoms with Crippen LogP contribution in [0.3, 0.4) is 0 Å². The third kappa shape index (κ3) is 3.41. The molecule has 0 heterocycles. The van der Waals surface area contributed by atoms with Crippen molar-refractivity contribution < 1.29 is 14.5 Å². The number of amides is 1. The van der Waals surface area contributed by atoms with E-state index >= 15 is 0 Å². The zero-order chi connectivity index (χ0) is 14.4. The van der Waals surface area contributed by atoms with E-state index in [0.717, 1.165) is 0 Å². The lowest BCUT2D eigenvalue weighted by Gasteiger charge is -2.18. The summed E-state index contributed by atoms with van der Waals surface area (Å²) in [5, 5.41) is 13.6. The van der Waals surface area contributed by atoms with Gasteiger partial charge in [0.1, 0.15) is 5.69 Å². The molecular formula is C12H17N3O4. The Kier molecular flexibility index (Phi) is 5.25. The first-order valence-electron chi connectivity index (χ1n) is 5.72. The molecule has 1 N–H and O–H groups in total. The Morgan fingerprint density at radius 3 is 2.74 bits per heavy atom. The number of carbonyl (C=O) groups is 1. The molecule has 7 heteroatoms. The molecule has 1 amide bonds. The van der Waals surface area contributed by atoms with Gasteiger partial charge in [0.05, 0.1) is 17.1 Å². The Balaban J connectivity index is 3.09. The highest BCUT2D eigenvalue weighted by atomic mass is 16.6. The summed E-state index contributed by atoms with van der Waals surface area (Å²) in [5.41, 5.74) is 0.380. The number of carbonyl (C=O) groups excluding carboxylic acids is 1. The molecule has 0 fully saturated rings. The van der Waals surface area contributed by atoms with Gasteiger partial charge in [0.25, 0.3) is 11.6 Å². The molecule has 104 valence electrons. The molecule has 0 atom stereocenters. The van der Waals surface area contributed by atoms with Crippen molar-refractivity contribution in [2.75, 3.05) is 39.7 Å². The van der Waals surface area contributed by atoms with Crippen molar-refractivity contribution in [2.24, 2.45) is 0 Å². The number of benzene rings is 1. The van der Waals surface area contributed by atoms with Gasteiger partial charge in [-0.15, -0.1) is 0 Å². The van der Waals surface area contributed by atoms with Crippen LogP contribution in [0.15, 0.2) is 18.2 Å². The molecule has 0 saturated carbocycles. The van der Waals surface area contributed by atoms with Crippen LogP contribution in [0, 0.1) is 10.1 Å². The second-order valence-electron chi connectivity index (χ2n) is 3.93. The van der Waals surface area contributed by atoms with Gasteiger partial charge in [0, 0.05) is 33.8 Å². The average Bonchev–Trinajstić information content (AvgIpc) is 2.42. The van der Waals surface area contributed by atoms with E-state index in [0.29, 0.717) is 13.2 Å². The lowest BCUT2D eigenvalue weighted by molar-refractivity contribution is -0.384. The SMILES string of the molecule is CNc1c(C(=O)N(C)CCOC)cccc1[N+](=O)[O-]. The molecule has 1 aromatic carbocycles. The highest BCUT2D eigenvalue weighted by Crippen LogP contribution is 2.28. The molecule has 7 nitrogen and oxygen atoms in total. The van der Waals surface area contributed by atoms with Gasteiger partial charge in [-0.1, -0.05) is 6.07 Å². The predicted octanol–water partition coefficient (Wildman–Crippen LogP) is 1.35. The predicted molar refractivity (Wildman–Crippen MR) is 71.5 cm³/mol. The van der Waals surface area contributed by atoms with Crippen LogP contribution in [0.25, 0.3) is 0 Å². The smallest absolute Gasteiger partial charge is 0.293 e. The Morgan fingerprint density at radius 1 is 1.53 bits per heavy atom. The van der Waals surface area contributed by atoms with Gasteiger partial charge < -0.3 is 15.0 Å². The number of nitro groups is 1. The number of para-hydroxylation sites is 1. The Labute approximate surface area is 111 Å². The highest BCUT2D eigenvalue weighted by molar-refractivity contribution is 6.01. The molecule has 1 rings (SSSR count). The monoisotopic (exact) mass is 267 g/mol. The zero-order valence-corrected chi connectivity index (χ0v) is 11.2. The third-order valence-corrected chi connectivity index (χ3v) is 2.70. The molecular weight excluding hydrogens is 250 g/mol. The van der Waals surface area contributed by atoms with Gasteiger partial charge >= 0.3 is 0 Å². The first-order valence-corrected chi connectivity index (χ1v) is 5.72. The highest BCUT2D eigenvalue weighted by Gasteiger charge is 2.22. The topological polar surface area (TPSA) is 84.7 Å². The van der Waals surface area contributed by atoms with Crippen LogP contribution in [0.5, 0.6) is 0 Å². The summed E-state index contributed by atoms with van der Waals surface area (Å²) in [6.45, 7) is 0.827. The second kappa shape index (κ2) is 6.69. The van der Waals surface area contributed by atoms with Crippen LogP contribution in [-0.4, -0.2) is 50.1 Å². The van der Waals surface area contributed by atoms with E-state index in [-0.39, 0.29) is 22.8 Å². The van der Waals surface area contributed by atoms with E-state index < -0.39 is 4.92 Å². The summed E-state index contributed by atoms with van der Waals surface area (Å²) in [5.74, 6) is -0.287. The van der Waals surface area contributed by atoms with Crippen molar-refractivity contribution in [3.63, 3.8) is 0 Å². The van der Waals surface area contributed by atoms with E-state index in [2.05, 4.69) is 5.32 Å². The minimum atomic E-state index is -0.516. The summed E-state index contributed by atoms with van der Waals surface area (Å²) in [6, 6.07) is 4.42. The number of ether oxygens (including phenoxy) is 1. The first-order chi connectivity index (χ1) is 9.02. The average molecular weight is 267 g/mol. The number of hydrogen-bond donors (Lipinski definition) is 1. The van der Waals surface area contributed by atoms with E-state index in [1.165, 1.54) is 17.0 Å². The van der Waals surface area contributed by atoms with Gasteiger partial charge in [-0.05, 0) is 6.07 Å². The summed E-state index contributed by atoms with van der Waals surface area (Å²) < 4.78 is 4.90. The fraction of sp³-hybridized carbons (Fsp3) is 0.417. The number of nitrogens with one attached hydrogen (secondary N) is 1. The standard InChI is InChI=1S/C12H17N3O4/c1-13-11-9(5-4-6-10(11)15(17)18)12(16)14(2)7-8-19-3/h4-6,13H,7-8H2,1-3H3. The van der Waals surface area contributed by atoms with Gasteiger partial charge in [-0.25, -0.2) is 0 Å².